The Labute approximate surface area is 201 Å². The van der Waals surface area contributed by atoms with Gasteiger partial charge in [0, 0.05) is 29.5 Å². The molecule has 0 radical (unpaired) electrons. The Morgan fingerprint density at radius 3 is 2.91 bits per heavy atom. The van der Waals surface area contributed by atoms with E-state index < -0.39 is 0 Å². The number of rotatable bonds is 5. The van der Waals surface area contributed by atoms with Gasteiger partial charge in [-0.2, -0.15) is 0 Å². The number of aromatic nitrogens is 1. The SMILES string of the molecule is Cc1ccnc(NC(=O)CCC[C@@H]2CC(=O)[C@@]3(C)CCC4c5ccc(Cl)cc5CCC4C23)c1. The summed E-state index contributed by atoms with van der Waals surface area (Å²) < 4.78 is 0. The highest BCUT2D eigenvalue weighted by molar-refractivity contribution is 6.30. The zero-order valence-electron chi connectivity index (χ0n) is 19.6. The van der Waals surface area contributed by atoms with Crippen LogP contribution in [0.25, 0.3) is 0 Å². The quantitative estimate of drug-likeness (QED) is 0.549. The number of carbonyl (C=O) groups is 2. The number of nitrogens with one attached hydrogen (secondary N) is 1. The minimum Gasteiger partial charge on any atom is -0.311 e. The fraction of sp³-hybridized carbons (Fsp3) is 0.536. The maximum atomic E-state index is 13.2. The van der Waals surface area contributed by atoms with Gasteiger partial charge in [-0.1, -0.05) is 24.6 Å². The second kappa shape index (κ2) is 8.87. The first-order valence-corrected chi connectivity index (χ1v) is 12.8. The van der Waals surface area contributed by atoms with Crippen LogP contribution in [-0.2, 0) is 16.0 Å². The summed E-state index contributed by atoms with van der Waals surface area (Å²) in [6.07, 6.45) is 8.89. The Kier molecular flexibility index (Phi) is 6.07. The van der Waals surface area contributed by atoms with Crippen molar-refractivity contribution in [2.75, 3.05) is 5.32 Å². The normalized spacial score (nSPS) is 30.3. The molecule has 1 N–H and O–H groups in total. The first-order valence-electron chi connectivity index (χ1n) is 12.4. The van der Waals surface area contributed by atoms with Crippen LogP contribution in [0.1, 0.15) is 74.5 Å². The molecule has 1 aromatic carbocycles. The number of Topliss-reactive ketones (excluding diaryl/α,β-unsaturated/α-hetero) is 1. The maximum absolute atomic E-state index is 13.2. The minimum atomic E-state index is -0.191. The third-order valence-corrected chi connectivity index (χ3v) is 8.93. The molecule has 3 aliphatic rings. The van der Waals surface area contributed by atoms with Crippen LogP contribution in [0.3, 0.4) is 0 Å². The van der Waals surface area contributed by atoms with Gasteiger partial charge in [-0.3, -0.25) is 9.59 Å². The third-order valence-electron chi connectivity index (χ3n) is 8.69. The molecule has 1 aromatic heterocycles. The topological polar surface area (TPSA) is 59.1 Å². The molecule has 5 heteroatoms. The van der Waals surface area contributed by atoms with Crippen LogP contribution in [0.5, 0.6) is 0 Å². The zero-order valence-corrected chi connectivity index (χ0v) is 20.3. The molecule has 33 heavy (non-hydrogen) atoms. The van der Waals surface area contributed by atoms with Gasteiger partial charge < -0.3 is 5.32 Å². The second-order valence-corrected chi connectivity index (χ2v) is 11.1. The molecule has 2 aromatic rings. The van der Waals surface area contributed by atoms with Gasteiger partial charge in [-0.25, -0.2) is 4.98 Å². The number of benzene rings is 1. The van der Waals surface area contributed by atoms with Gasteiger partial charge in [-0.15, -0.1) is 0 Å². The zero-order chi connectivity index (χ0) is 23.2. The highest BCUT2D eigenvalue weighted by Gasteiger charge is 2.58. The van der Waals surface area contributed by atoms with E-state index in [0.717, 1.165) is 49.1 Å². The third kappa shape index (κ3) is 4.23. The van der Waals surface area contributed by atoms with Gasteiger partial charge in [-0.05, 0) is 110 Å². The summed E-state index contributed by atoms with van der Waals surface area (Å²) in [5, 5.41) is 3.73. The van der Waals surface area contributed by atoms with Crippen LogP contribution in [0, 0.1) is 30.1 Å². The van der Waals surface area contributed by atoms with E-state index in [9.17, 15) is 9.59 Å². The van der Waals surface area contributed by atoms with Crippen molar-refractivity contribution >= 4 is 29.1 Å². The molecule has 174 valence electrons. The molecule has 1 heterocycles. The average molecular weight is 465 g/mol. The van der Waals surface area contributed by atoms with Crippen molar-refractivity contribution in [3.8, 4) is 0 Å². The lowest BCUT2D eigenvalue weighted by Gasteiger charge is -2.50. The van der Waals surface area contributed by atoms with E-state index in [1.54, 1.807) is 6.20 Å². The molecule has 4 nitrogen and oxygen atoms in total. The number of hydrogen-bond acceptors (Lipinski definition) is 3. The maximum Gasteiger partial charge on any atom is 0.225 e. The number of ketones is 1. The van der Waals surface area contributed by atoms with Crippen LogP contribution in [0.15, 0.2) is 36.5 Å². The number of nitrogens with zero attached hydrogens (tertiary/aromatic N) is 1. The molecule has 3 aliphatic carbocycles. The smallest absolute Gasteiger partial charge is 0.225 e. The molecule has 5 rings (SSSR count). The lowest BCUT2D eigenvalue weighted by Crippen LogP contribution is -2.44. The predicted molar refractivity (Wildman–Crippen MR) is 131 cm³/mol. The van der Waals surface area contributed by atoms with Gasteiger partial charge in [0.1, 0.15) is 11.6 Å². The van der Waals surface area contributed by atoms with E-state index in [4.69, 9.17) is 11.6 Å². The van der Waals surface area contributed by atoms with Crippen molar-refractivity contribution in [1.82, 2.24) is 4.98 Å². The molecule has 2 fully saturated rings. The van der Waals surface area contributed by atoms with Gasteiger partial charge >= 0.3 is 0 Å². The van der Waals surface area contributed by atoms with E-state index in [2.05, 4.69) is 29.4 Å². The number of anilines is 1. The summed E-state index contributed by atoms with van der Waals surface area (Å²) in [5.74, 6) is 2.96. The molecule has 1 amide bonds. The number of pyridine rings is 1. The summed E-state index contributed by atoms with van der Waals surface area (Å²) >= 11 is 6.27. The van der Waals surface area contributed by atoms with Crippen LogP contribution in [0.2, 0.25) is 5.02 Å². The van der Waals surface area contributed by atoms with Gasteiger partial charge in [0.05, 0.1) is 0 Å². The van der Waals surface area contributed by atoms with Crippen LogP contribution in [0.4, 0.5) is 5.82 Å². The molecule has 0 bridgehead atoms. The number of aryl methyl sites for hydroxylation is 2. The van der Waals surface area contributed by atoms with Crippen molar-refractivity contribution in [1.29, 1.82) is 0 Å². The van der Waals surface area contributed by atoms with E-state index >= 15 is 0 Å². The highest BCUT2D eigenvalue weighted by atomic mass is 35.5. The number of hydrogen-bond donors (Lipinski definition) is 1. The standard InChI is InChI=1S/C28H33ClN2O2/c1-17-11-13-30-25(14-17)31-26(33)5-3-4-19-16-24(32)28(2)12-10-22-21-9-7-20(29)15-18(21)6-8-23(22)27(19)28/h7,9,11,13-15,19,22-23,27H,3-6,8,10,12,16H2,1-2H3,(H,30,31,33)/t19-,22?,23?,27?,28-/m1/s1. The van der Waals surface area contributed by atoms with Crippen molar-refractivity contribution in [3.63, 3.8) is 0 Å². The monoisotopic (exact) mass is 464 g/mol. The molecular formula is C28H33ClN2O2. The lowest BCUT2D eigenvalue weighted by molar-refractivity contribution is -0.129. The van der Waals surface area contributed by atoms with E-state index in [1.165, 1.54) is 11.1 Å². The molecule has 0 spiro atoms. The van der Waals surface area contributed by atoms with Crippen molar-refractivity contribution in [2.24, 2.45) is 23.2 Å². The molecule has 5 atom stereocenters. The Bertz CT molecular complexity index is 1080. The summed E-state index contributed by atoms with van der Waals surface area (Å²) in [4.78, 5) is 29.9. The van der Waals surface area contributed by atoms with Crippen molar-refractivity contribution in [2.45, 2.75) is 71.1 Å². The average Bonchev–Trinajstić information content (AvgIpc) is 3.03. The second-order valence-electron chi connectivity index (χ2n) is 10.7. The number of amides is 1. The predicted octanol–water partition coefficient (Wildman–Crippen LogP) is 6.50. The Hall–Kier alpha value is -2.20. The fourth-order valence-electron chi connectivity index (χ4n) is 7.21. The highest BCUT2D eigenvalue weighted by Crippen LogP contribution is 2.62. The summed E-state index contributed by atoms with van der Waals surface area (Å²) in [7, 11) is 0. The lowest BCUT2D eigenvalue weighted by atomic mass is 9.54. The fourth-order valence-corrected chi connectivity index (χ4v) is 7.40. The molecule has 2 saturated carbocycles. The largest absolute Gasteiger partial charge is 0.311 e. The summed E-state index contributed by atoms with van der Waals surface area (Å²) in [6, 6.07) is 10.2. The van der Waals surface area contributed by atoms with E-state index in [1.807, 2.05) is 25.1 Å². The molecule has 0 aliphatic heterocycles. The minimum absolute atomic E-state index is 0.00479. The number of carbonyl (C=O) groups excluding carboxylic acids is 2. The number of fused-ring (bicyclic) bond motifs is 5. The van der Waals surface area contributed by atoms with Crippen LogP contribution in [-0.4, -0.2) is 16.7 Å². The first kappa shape index (κ1) is 22.6. The number of halogens is 1. The summed E-state index contributed by atoms with van der Waals surface area (Å²) in [6.45, 7) is 4.21. The van der Waals surface area contributed by atoms with Gasteiger partial charge in [0.15, 0.2) is 0 Å². The molecule has 3 unspecified atom stereocenters. The Balaban J connectivity index is 1.26. The summed E-state index contributed by atoms with van der Waals surface area (Å²) in [5.41, 5.74) is 3.74. The van der Waals surface area contributed by atoms with Crippen LogP contribution < -0.4 is 5.32 Å². The molecule has 0 saturated heterocycles. The molecular weight excluding hydrogens is 432 g/mol. The van der Waals surface area contributed by atoms with Gasteiger partial charge in [0.25, 0.3) is 0 Å². The van der Waals surface area contributed by atoms with Crippen LogP contribution >= 0.6 is 11.6 Å². The Morgan fingerprint density at radius 2 is 2.09 bits per heavy atom. The van der Waals surface area contributed by atoms with E-state index in [0.29, 0.717) is 48.1 Å². The Morgan fingerprint density at radius 1 is 1.24 bits per heavy atom. The van der Waals surface area contributed by atoms with Crippen molar-refractivity contribution in [3.05, 3.63) is 58.2 Å². The van der Waals surface area contributed by atoms with Gasteiger partial charge in [0.2, 0.25) is 5.91 Å². The van der Waals surface area contributed by atoms with E-state index in [-0.39, 0.29) is 11.3 Å². The van der Waals surface area contributed by atoms with Crippen molar-refractivity contribution < 1.29 is 9.59 Å². The first-order chi connectivity index (χ1) is 15.8.